The summed E-state index contributed by atoms with van der Waals surface area (Å²) in [5, 5.41) is 4.34. The number of hydrogen-bond donors (Lipinski definition) is 0. The molecule has 28 heavy (non-hydrogen) atoms. The van der Waals surface area contributed by atoms with Gasteiger partial charge in [0.05, 0.1) is 23.0 Å². The molecule has 0 fully saturated rings. The van der Waals surface area contributed by atoms with Crippen molar-refractivity contribution in [3.8, 4) is 22.9 Å². The zero-order chi connectivity index (χ0) is 19.6. The summed E-state index contributed by atoms with van der Waals surface area (Å²) in [6, 6.07) is 17.0. The van der Waals surface area contributed by atoms with Crippen molar-refractivity contribution < 1.29 is 18.3 Å². The van der Waals surface area contributed by atoms with Crippen LogP contribution >= 0.6 is 0 Å². The molecule has 3 aromatic heterocycles. The maximum Gasteiger partial charge on any atom is 0.296 e. The van der Waals surface area contributed by atoms with E-state index in [1.165, 1.54) is 31.4 Å². The van der Waals surface area contributed by atoms with E-state index in [1.807, 2.05) is 30.3 Å². The van der Waals surface area contributed by atoms with Gasteiger partial charge >= 0.3 is 0 Å². The van der Waals surface area contributed by atoms with Crippen LogP contribution in [0, 0.1) is 0 Å². The Morgan fingerprint density at radius 2 is 1.79 bits per heavy atom. The fourth-order valence-corrected chi connectivity index (χ4v) is 2.96. The lowest BCUT2D eigenvalue weighted by atomic mass is 10.1. The number of hydrogen-bond acceptors (Lipinski definition) is 4. The van der Waals surface area contributed by atoms with Gasteiger partial charge < -0.3 is 9.47 Å². The van der Waals surface area contributed by atoms with Gasteiger partial charge in [0, 0.05) is 18.9 Å². The molecule has 142 valence electrons. The first-order valence-electron chi connectivity index (χ1n) is 8.62. The van der Waals surface area contributed by atoms with Gasteiger partial charge in [0.2, 0.25) is 5.88 Å². The standard InChI is InChI=1S/C21H17F2N3O2/c1-27-14-21(22,23)15-7-9-17(10-8-15)28-20-18(5-3-12-24-20)19-6-2-4-16-11-13-25-26(16)19/h2-13H,14H2,1H3. The first-order chi connectivity index (χ1) is 13.6. The minimum absolute atomic E-state index is 0.135. The topological polar surface area (TPSA) is 48.7 Å². The van der Waals surface area contributed by atoms with Gasteiger partial charge in [-0.1, -0.05) is 6.07 Å². The Hall–Kier alpha value is -3.32. The van der Waals surface area contributed by atoms with Crippen LogP contribution in [0.25, 0.3) is 16.8 Å². The van der Waals surface area contributed by atoms with Crippen LogP contribution in [-0.4, -0.2) is 28.3 Å². The molecule has 0 aliphatic rings. The van der Waals surface area contributed by atoms with Crippen molar-refractivity contribution in [1.29, 1.82) is 0 Å². The smallest absolute Gasteiger partial charge is 0.296 e. The van der Waals surface area contributed by atoms with E-state index in [9.17, 15) is 8.78 Å². The molecule has 1 aromatic carbocycles. The van der Waals surface area contributed by atoms with Gasteiger partial charge in [-0.15, -0.1) is 0 Å². The van der Waals surface area contributed by atoms with Gasteiger partial charge in [-0.25, -0.2) is 9.50 Å². The number of nitrogens with zero attached hydrogens (tertiary/aromatic N) is 3. The monoisotopic (exact) mass is 381 g/mol. The van der Waals surface area contributed by atoms with Gasteiger partial charge in [0.1, 0.15) is 12.4 Å². The van der Waals surface area contributed by atoms with E-state index in [0.717, 1.165) is 16.8 Å². The van der Waals surface area contributed by atoms with E-state index >= 15 is 0 Å². The van der Waals surface area contributed by atoms with Crippen LogP contribution in [0.3, 0.4) is 0 Å². The molecule has 7 heteroatoms. The molecule has 0 radical (unpaired) electrons. The number of fused-ring (bicyclic) bond motifs is 1. The third kappa shape index (κ3) is 3.44. The van der Waals surface area contributed by atoms with Crippen LogP contribution < -0.4 is 4.74 Å². The van der Waals surface area contributed by atoms with Crippen molar-refractivity contribution in [1.82, 2.24) is 14.6 Å². The first kappa shape index (κ1) is 18.1. The third-order valence-corrected chi connectivity index (χ3v) is 4.29. The minimum Gasteiger partial charge on any atom is -0.438 e. The summed E-state index contributed by atoms with van der Waals surface area (Å²) in [4.78, 5) is 4.31. The van der Waals surface area contributed by atoms with Gasteiger partial charge in [0.15, 0.2) is 0 Å². The zero-order valence-corrected chi connectivity index (χ0v) is 15.0. The lowest BCUT2D eigenvalue weighted by molar-refractivity contribution is -0.0698. The summed E-state index contributed by atoms with van der Waals surface area (Å²) in [6.45, 7) is -0.675. The highest BCUT2D eigenvalue weighted by Gasteiger charge is 2.31. The quantitative estimate of drug-likeness (QED) is 0.475. The summed E-state index contributed by atoms with van der Waals surface area (Å²) in [7, 11) is 1.24. The van der Waals surface area contributed by atoms with Crippen molar-refractivity contribution in [3.63, 3.8) is 0 Å². The number of benzene rings is 1. The molecule has 0 atom stereocenters. The van der Waals surface area contributed by atoms with Crippen molar-refractivity contribution in [2.24, 2.45) is 0 Å². The van der Waals surface area contributed by atoms with Gasteiger partial charge in [-0.05, 0) is 54.6 Å². The number of ether oxygens (including phenoxy) is 2. The second-order valence-electron chi connectivity index (χ2n) is 6.20. The molecule has 4 aromatic rings. The Morgan fingerprint density at radius 3 is 2.57 bits per heavy atom. The van der Waals surface area contributed by atoms with E-state index in [-0.39, 0.29) is 5.56 Å². The summed E-state index contributed by atoms with van der Waals surface area (Å²) in [5.74, 6) is -2.29. The van der Waals surface area contributed by atoms with E-state index in [4.69, 9.17) is 4.74 Å². The summed E-state index contributed by atoms with van der Waals surface area (Å²) >= 11 is 0. The number of pyridine rings is 2. The molecule has 4 rings (SSSR count). The Morgan fingerprint density at radius 1 is 0.964 bits per heavy atom. The fourth-order valence-electron chi connectivity index (χ4n) is 2.96. The Labute approximate surface area is 160 Å². The highest BCUT2D eigenvalue weighted by atomic mass is 19.3. The molecule has 0 amide bonds. The predicted molar refractivity (Wildman–Crippen MR) is 101 cm³/mol. The molecule has 0 N–H and O–H groups in total. The van der Waals surface area contributed by atoms with Crippen molar-refractivity contribution in [3.05, 3.63) is 78.6 Å². The number of methoxy groups -OCH3 is 1. The van der Waals surface area contributed by atoms with Crippen LogP contribution in [0.2, 0.25) is 0 Å². The van der Waals surface area contributed by atoms with E-state index in [2.05, 4.69) is 14.8 Å². The van der Waals surface area contributed by atoms with Crippen LogP contribution in [0.1, 0.15) is 5.56 Å². The lowest BCUT2D eigenvalue weighted by Crippen LogP contribution is -2.19. The molecular weight excluding hydrogens is 364 g/mol. The van der Waals surface area contributed by atoms with Gasteiger partial charge in [-0.2, -0.15) is 13.9 Å². The maximum atomic E-state index is 13.9. The van der Waals surface area contributed by atoms with Crippen LogP contribution in [0.15, 0.2) is 73.1 Å². The maximum absolute atomic E-state index is 13.9. The second-order valence-corrected chi connectivity index (χ2v) is 6.20. The van der Waals surface area contributed by atoms with E-state index < -0.39 is 12.5 Å². The van der Waals surface area contributed by atoms with Crippen LogP contribution in [0.4, 0.5) is 8.78 Å². The molecule has 0 bridgehead atoms. The zero-order valence-electron chi connectivity index (χ0n) is 15.0. The highest BCUT2D eigenvalue weighted by molar-refractivity contribution is 5.68. The summed E-state index contributed by atoms with van der Waals surface area (Å²) < 4.78 is 40.1. The molecular formula is C21H17F2N3O2. The van der Waals surface area contributed by atoms with Gasteiger partial charge in [0.25, 0.3) is 5.92 Å². The average molecular weight is 381 g/mol. The van der Waals surface area contributed by atoms with Crippen LogP contribution in [0.5, 0.6) is 11.6 Å². The number of halogens is 2. The molecule has 0 saturated heterocycles. The van der Waals surface area contributed by atoms with Crippen molar-refractivity contribution in [2.45, 2.75) is 5.92 Å². The molecule has 3 heterocycles. The second kappa shape index (κ2) is 7.36. The lowest BCUT2D eigenvalue weighted by Gasteiger charge is -2.16. The summed E-state index contributed by atoms with van der Waals surface area (Å²) in [5.41, 5.74) is 2.36. The Kier molecular flexibility index (Phi) is 4.75. The molecule has 0 aliphatic heterocycles. The molecule has 0 spiro atoms. The van der Waals surface area contributed by atoms with Gasteiger partial charge in [-0.3, -0.25) is 0 Å². The largest absolute Gasteiger partial charge is 0.438 e. The Bertz CT molecular complexity index is 1090. The normalized spacial score (nSPS) is 11.7. The highest BCUT2D eigenvalue weighted by Crippen LogP contribution is 2.33. The molecule has 0 aliphatic carbocycles. The fraction of sp³-hybridized carbons (Fsp3) is 0.143. The molecule has 0 saturated carbocycles. The molecule has 5 nitrogen and oxygen atoms in total. The number of aromatic nitrogens is 3. The number of rotatable bonds is 6. The van der Waals surface area contributed by atoms with E-state index in [0.29, 0.717) is 11.6 Å². The Balaban J connectivity index is 1.66. The predicted octanol–water partition coefficient (Wildman–Crippen LogP) is 4.93. The van der Waals surface area contributed by atoms with Crippen LogP contribution in [-0.2, 0) is 10.7 Å². The van der Waals surface area contributed by atoms with Crippen molar-refractivity contribution in [2.75, 3.05) is 13.7 Å². The summed E-state index contributed by atoms with van der Waals surface area (Å²) in [6.07, 6.45) is 3.33. The van der Waals surface area contributed by atoms with Crippen molar-refractivity contribution >= 4 is 5.52 Å². The third-order valence-electron chi connectivity index (χ3n) is 4.29. The SMILES string of the molecule is COCC(F)(F)c1ccc(Oc2ncccc2-c2cccc3ccnn23)cc1. The minimum atomic E-state index is -3.06. The average Bonchev–Trinajstić information content (AvgIpc) is 3.18. The number of alkyl halides is 2. The van der Waals surface area contributed by atoms with E-state index in [1.54, 1.807) is 23.0 Å². The first-order valence-corrected chi connectivity index (χ1v) is 8.62. The molecule has 0 unspecified atom stereocenters.